The van der Waals surface area contributed by atoms with E-state index in [1.165, 1.54) is 83.2 Å². The molecule has 45 heavy (non-hydrogen) atoms. The van der Waals surface area contributed by atoms with Crippen molar-refractivity contribution in [2.24, 2.45) is 0 Å². The summed E-state index contributed by atoms with van der Waals surface area (Å²) in [5.74, 6) is 0. The van der Waals surface area contributed by atoms with Gasteiger partial charge in [0.2, 0.25) is 0 Å². The number of hydrogen-bond donors (Lipinski definition) is 1. The number of carbonyl (C=O) groups excluding carboxylic acids is 1. The summed E-state index contributed by atoms with van der Waals surface area (Å²) in [5.41, 5.74) is 3.87. The fourth-order valence-corrected chi connectivity index (χ4v) is 6.80. The van der Waals surface area contributed by atoms with E-state index in [0.717, 1.165) is 55.8 Å². The van der Waals surface area contributed by atoms with E-state index < -0.39 is 5.60 Å². The van der Waals surface area contributed by atoms with Crippen molar-refractivity contribution in [1.82, 2.24) is 14.7 Å². The topological polar surface area (TPSA) is 48.1 Å². The van der Waals surface area contributed by atoms with Gasteiger partial charge in [0.15, 0.2) is 0 Å². The Balaban J connectivity index is 0.898. The van der Waals surface area contributed by atoms with Crippen LogP contribution in [0.3, 0.4) is 0 Å². The maximum atomic E-state index is 12.9. The Morgan fingerprint density at radius 3 is 1.93 bits per heavy atom. The number of anilines is 1. The van der Waals surface area contributed by atoms with Gasteiger partial charge in [-0.05, 0) is 82.4 Å². The van der Waals surface area contributed by atoms with Gasteiger partial charge in [0.1, 0.15) is 5.60 Å². The molecule has 0 spiro atoms. The zero-order chi connectivity index (χ0) is 31.2. The van der Waals surface area contributed by atoms with Gasteiger partial charge in [-0.2, -0.15) is 0 Å². The average Bonchev–Trinajstić information content (AvgIpc) is 3.29. The summed E-state index contributed by atoms with van der Waals surface area (Å²) in [5, 5.41) is 3.01. The number of nitrogens with one attached hydrogen (secondary N) is 1. The lowest BCUT2D eigenvalue weighted by Crippen LogP contribution is -2.46. The molecular weight excluding hydrogens is 556 g/mol. The molecule has 0 unspecified atom stereocenters. The Hall–Kier alpha value is -3.19. The van der Waals surface area contributed by atoms with Crippen LogP contribution in [0.5, 0.6) is 0 Å². The molecule has 0 bridgehead atoms. The van der Waals surface area contributed by atoms with Crippen molar-refractivity contribution in [2.45, 2.75) is 76.9 Å². The normalized spacial score (nSPS) is 17.9. The molecule has 242 valence electrons. The van der Waals surface area contributed by atoms with Crippen LogP contribution in [-0.4, -0.2) is 78.8 Å². The summed E-state index contributed by atoms with van der Waals surface area (Å²) in [7, 11) is 0. The van der Waals surface area contributed by atoms with Crippen LogP contribution in [-0.2, 0) is 11.3 Å². The molecule has 0 aromatic heterocycles. The molecule has 3 aromatic rings. The number of piperidine rings is 1. The van der Waals surface area contributed by atoms with Crippen molar-refractivity contribution in [3.63, 3.8) is 0 Å². The van der Waals surface area contributed by atoms with E-state index in [-0.39, 0.29) is 6.09 Å². The fraction of sp³-hybridized carbons (Fsp3) is 0.513. The molecule has 0 saturated carbocycles. The lowest BCUT2D eigenvalue weighted by Gasteiger charge is -2.38. The molecule has 2 aliphatic heterocycles. The SMILES string of the molecule is CC1(OC(=O)Nc2ccccc2-c2ccccc2)CCN(CCCCCCCCN2CCCN(Cc3ccccc3)CC2)CC1. The van der Waals surface area contributed by atoms with Gasteiger partial charge in [-0.25, -0.2) is 4.79 Å². The minimum Gasteiger partial charge on any atom is -0.443 e. The largest absolute Gasteiger partial charge is 0.443 e. The van der Waals surface area contributed by atoms with Gasteiger partial charge in [-0.1, -0.05) is 105 Å². The van der Waals surface area contributed by atoms with E-state index in [0.29, 0.717) is 0 Å². The number of ether oxygens (including phenoxy) is 1. The third-order valence-corrected chi connectivity index (χ3v) is 9.63. The van der Waals surface area contributed by atoms with Crippen LogP contribution in [0, 0.1) is 0 Å². The molecule has 5 rings (SSSR count). The van der Waals surface area contributed by atoms with Gasteiger partial charge in [-0.15, -0.1) is 0 Å². The second kappa shape index (κ2) is 17.5. The number of carbonyl (C=O) groups is 1. The first kappa shape index (κ1) is 33.2. The summed E-state index contributed by atoms with van der Waals surface area (Å²) < 4.78 is 6.00. The summed E-state index contributed by atoms with van der Waals surface area (Å²) in [6.07, 6.45) is 10.6. The fourth-order valence-electron chi connectivity index (χ4n) is 6.80. The molecule has 0 aliphatic carbocycles. The number of unbranched alkanes of at least 4 members (excludes halogenated alkanes) is 5. The van der Waals surface area contributed by atoms with E-state index in [2.05, 4.69) is 69.4 Å². The summed E-state index contributed by atoms with van der Waals surface area (Å²) in [6.45, 7) is 12.4. The monoisotopic (exact) mass is 610 g/mol. The van der Waals surface area contributed by atoms with Gasteiger partial charge in [-0.3, -0.25) is 10.2 Å². The maximum Gasteiger partial charge on any atom is 0.412 e. The summed E-state index contributed by atoms with van der Waals surface area (Å²) >= 11 is 0. The number of para-hydroxylation sites is 1. The molecule has 0 atom stereocenters. The summed E-state index contributed by atoms with van der Waals surface area (Å²) in [6, 6.07) is 28.9. The van der Waals surface area contributed by atoms with E-state index in [1.54, 1.807) is 0 Å². The van der Waals surface area contributed by atoms with Crippen molar-refractivity contribution >= 4 is 11.8 Å². The third kappa shape index (κ3) is 11.0. The van der Waals surface area contributed by atoms with Crippen LogP contribution >= 0.6 is 0 Å². The highest BCUT2D eigenvalue weighted by atomic mass is 16.6. The van der Waals surface area contributed by atoms with Gasteiger partial charge < -0.3 is 14.5 Å². The van der Waals surface area contributed by atoms with E-state index in [9.17, 15) is 4.79 Å². The molecule has 6 nitrogen and oxygen atoms in total. The zero-order valence-corrected chi connectivity index (χ0v) is 27.5. The molecule has 2 fully saturated rings. The third-order valence-electron chi connectivity index (χ3n) is 9.63. The molecule has 1 N–H and O–H groups in total. The quantitative estimate of drug-likeness (QED) is 0.186. The molecule has 2 aliphatic rings. The van der Waals surface area contributed by atoms with Crippen molar-refractivity contribution in [3.05, 3.63) is 90.5 Å². The van der Waals surface area contributed by atoms with Crippen LogP contribution in [0.1, 0.15) is 70.3 Å². The molecule has 0 radical (unpaired) electrons. The maximum absolute atomic E-state index is 12.9. The lowest BCUT2D eigenvalue weighted by molar-refractivity contribution is -0.0163. The van der Waals surface area contributed by atoms with E-state index in [4.69, 9.17) is 4.74 Å². The highest BCUT2D eigenvalue weighted by Gasteiger charge is 2.33. The highest BCUT2D eigenvalue weighted by molar-refractivity contribution is 5.91. The highest BCUT2D eigenvalue weighted by Crippen LogP contribution is 2.30. The number of likely N-dealkylation sites (tertiary alicyclic amines) is 1. The Labute approximate surface area is 271 Å². The Kier molecular flexibility index (Phi) is 12.9. The van der Waals surface area contributed by atoms with Gasteiger partial charge >= 0.3 is 6.09 Å². The number of benzene rings is 3. The van der Waals surface area contributed by atoms with E-state index in [1.807, 2.05) is 42.5 Å². The minimum absolute atomic E-state index is 0.366. The van der Waals surface area contributed by atoms with Crippen LogP contribution in [0.4, 0.5) is 10.5 Å². The van der Waals surface area contributed by atoms with Gasteiger partial charge in [0.05, 0.1) is 5.69 Å². The van der Waals surface area contributed by atoms with Crippen LogP contribution in [0.2, 0.25) is 0 Å². The van der Waals surface area contributed by atoms with Gasteiger partial charge in [0.25, 0.3) is 0 Å². The first-order valence-electron chi connectivity index (χ1n) is 17.4. The Morgan fingerprint density at radius 2 is 1.22 bits per heavy atom. The van der Waals surface area contributed by atoms with Crippen LogP contribution < -0.4 is 5.32 Å². The number of nitrogens with zero attached hydrogens (tertiary/aromatic N) is 3. The number of amides is 1. The van der Waals surface area contributed by atoms with Crippen LogP contribution in [0.25, 0.3) is 11.1 Å². The standard InChI is InChI=1S/C39H54N4O2/c1-39(45-38(44)40-37-22-13-12-21-36(37)35-19-10-7-11-20-35)23-29-42(30-24-39)26-15-5-3-2-4-14-25-41-27-16-28-43(32-31-41)33-34-17-8-6-9-18-34/h6-13,17-22H,2-5,14-16,23-33H2,1H3,(H,40,44). The molecule has 1 amide bonds. The second-order valence-corrected chi connectivity index (χ2v) is 13.3. The van der Waals surface area contributed by atoms with Crippen molar-refractivity contribution in [2.75, 3.05) is 57.7 Å². The molecule has 2 saturated heterocycles. The molecular formula is C39H54N4O2. The smallest absolute Gasteiger partial charge is 0.412 e. The summed E-state index contributed by atoms with van der Waals surface area (Å²) in [4.78, 5) is 20.8. The predicted molar refractivity (Wildman–Crippen MR) is 187 cm³/mol. The van der Waals surface area contributed by atoms with E-state index >= 15 is 0 Å². The van der Waals surface area contributed by atoms with Crippen LogP contribution in [0.15, 0.2) is 84.9 Å². The van der Waals surface area contributed by atoms with Crippen molar-refractivity contribution < 1.29 is 9.53 Å². The van der Waals surface area contributed by atoms with Crippen molar-refractivity contribution in [3.8, 4) is 11.1 Å². The van der Waals surface area contributed by atoms with Crippen molar-refractivity contribution in [1.29, 1.82) is 0 Å². The lowest BCUT2D eigenvalue weighted by atomic mass is 9.93. The molecule has 6 heteroatoms. The number of rotatable bonds is 14. The minimum atomic E-state index is -0.421. The first-order valence-corrected chi connectivity index (χ1v) is 17.4. The molecule has 3 aromatic carbocycles. The zero-order valence-electron chi connectivity index (χ0n) is 27.5. The van der Waals surface area contributed by atoms with Gasteiger partial charge in [0, 0.05) is 38.3 Å². The average molecular weight is 611 g/mol. The Morgan fingerprint density at radius 1 is 0.667 bits per heavy atom. The predicted octanol–water partition coefficient (Wildman–Crippen LogP) is 8.31. The Bertz CT molecular complexity index is 1280. The number of hydrogen-bond acceptors (Lipinski definition) is 5. The molecule has 2 heterocycles. The second-order valence-electron chi connectivity index (χ2n) is 13.3. The first-order chi connectivity index (χ1) is 22.1.